The normalized spacial score (nSPS) is 11.6. The third-order valence-electron chi connectivity index (χ3n) is 3.30. The zero-order valence-electron chi connectivity index (χ0n) is 11.9. The Morgan fingerprint density at radius 1 is 0.889 bits per heavy atom. The van der Waals surface area contributed by atoms with Gasteiger partial charge in [0.05, 0.1) is 0 Å². The second-order valence-electron chi connectivity index (χ2n) is 5.87. The van der Waals surface area contributed by atoms with Crippen molar-refractivity contribution in [3.63, 3.8) is 0 Å². The van der Waals surface area contributed by atoms with Gasteiger partial charge in [-0.1, -0.05) is 51.1 Å². The molecule has 18 heavy (non-hydrogen) atoms. The predicted octanol–water partition coefficient (Wildman–Crippen LogP) is 4.66. The van der Waals surface area contributed by atoms with Crippen LogP contribution in [0.4, 0.5) is 0 Å². The molecule has 94 valence electrons. The van der Waals surface area contributed by atoms with Gasteiger partial charge in [-0.3, -0.25) is 4.98 Å². The highest BCUT2D eigenvalue weighted by molar-refractivity contribution is 5.67. The molecule has 2 aromatic rings. The van der Waals surface area contributed by atoms with Crippen molar-refractivity contribution in [2.45, 2.75) is 40.0 Å². The molecule has 0 amide bonds. The quantitative estimate of drug-likeness (QED) is 0.705. The average molecular weight is 239 g/mol. The maximum Gasteiger partial charge on any atom is 0.0454 e. The fourth-order valence-corrected chi connectivity index (χ4v) is 2.39. The topological polar surface area (TPSA) is 12.9 Å². The second-order valence-corrected chi connectivity index (χ2v) is 5.87. The monoisotopic (exact) mass is 239 g/mol. The SMILES string of the molecule is Cc1nc(C)c(C(C)(C)C)cc1-c1ccccc1. The van der Waals surface area contributed by atoms with Crippen LogP contribution in [0.2, 0.25) is 0 Å². The Morgan fingerprint density at radius 3 is 2.06 bits per heavy atom. The Kier molecular flexibility index (Phi) is 3.25. The minimum Gasteiger partial charge on any atom is -0.258 e. The van der Waals surface area contributed by atoms with Gasteiger partial charge in [-0.15, -0.1) is 0 Å². The largest absolute Gasteiger partial charge is 0.258 e. The highest BCUT2D eigenvalue weighted by Gasteiger charge is 2.19. The third-order valence-corrected chi connectivity index (χ3v) is 3.30. The molecule has 0 aliphatic heterocycles. The second kappa shape index (κ2) is 4.56. The van der Waals surface area contributed by atoms with Gasteiger partial charge >= 0.3 is 0 Å². The maximum absolute atomic E-state index is 4.72. The zero-order chi connectivity index (χ0) is 13.3. The van der Waals surface area contributed by atoms with E-state index in [1.807, 2.05) is 6.07 Å². The molecule has 0 fully saturated rings. The van der Waals surface area contributed by atoms with Gasteiger partial charge in [0.2, 0.25) is 0 Å². The molecule has 1 aromatic heterocycles. The van der Waals surface area contributed by atoms with E-state index < -0.39 is 0 Å². The smallest absolute Gasteiger partial charge is 0.0454 e. The van der Waals surface area contributed by atoms with Gasteiger partial charge in [0.25, 0.3) is 0 Å². The van der Waals surface area contributed by atoms with Crippen molar-refractivity contribution in [1.82, 2.24) is 4.98 Å². The van der Waals surface area contributed by atoms with Crippen LogP contribution in [0.1, 0.15) is 37.7 Å². The van der Waals surface area contributed by atoms with Crippen molar-refractivity contribution < 1.29 is 0 Å². The molecule has 1 nitrogen and oxygen atoms in total. The minimum atomic E-state index is 0.133. The number of hydrogen-bond donors (Lipinski definition) is 0. The molecule has 0 atom stereocenters. The molecule has 0 saturated carbocycles. The van der Waals surface area contributed by atoms with Gasteiger partial charge in [0.1, 0.15) is 0 Å². The molecule has 2 rings (SSSR count). The van der Waals surface area contributed by atoms with Gasteiger partial charge in [0.15, 0.2) is 0 Å². The van der Waals surface area contributed by atoms with E-state index in [-0.39, 0.29) is 5.41 Å². The number of pyridine rings is 1. The van der Waals surface area contributed by atoms with E-state index in [0.29, 0.717) is 0 Å². The van der Waals surface area contributed by atoms with Crippen molar-refractivity contribution in [3.8, 4) is 11.1 Å². The van der Waals surface area contributed by atoms with Crippen molar-refractivity contribution in [2.24, 2.45) is 0 Å². The van der Waals surface area contributed by atoms with Crippen LogP contribution in [0.3, 0.4) is 0 Å². The van der Waals surface area contributed by atoms with Gasteiger partial charge in [-0.05, 0) is 36.5 Å². The van der Waals surface area contributed by atoms with Gasteiger partial charge in [-0.25, -0.2) is 0 Å². The van der Waals surface area contributed by atoms with E-state index in [2.05, 4.69) is 65.0 Å². The summed E-state index contributed by atoms with van der Waals surface area (Å²) < 4.78 is 0. The molecule has 1 heterocycles. The van der Waals surface area contributed by atoms with Crippen LogP contribution in [0.5, 0.6) is 0 Å². The molecule has 0 bridgehead atoms. The van der Waals surface area contributed by atoms with Gasteiger partial charge in [0, 0.05) is 17.0 Å². The Labute approximate surface area is 110 Å². The first-order chi connectivity index (χ1) is 8.39. The average Bonchev–Trinajstić information content (AvgIpc) is 2.28. The molecule has 1 aromatic carbocycles. The first-order valence-corrected chi connectivity index (χ1v) is 6.44. The fraction of sp³-hybridized carbons (Fsp3) is 0.353. The third kappa shape index (κ3) is 2.45. The molecule has 0 radical (unpaired) electrons. The Bertz CT molecular complexity index is 548. The summed E-state index contributed by atoms with van der Waals surface area (Å²) >= 11 is 0. The Hall–Kier alpha value is -1.63. The molecule has 1 heteroatoms. The molecule has 0 saturated heterocycles. The summed E-state index contributed by atoms with van der Waals surface area (Å²) in [4.78, 5) is 4.72. The molecule has 0 spiro atoms. The summed E-state index contributed by atoms with van der Waals surface area (Å²) in [6.07, 6.45) is 0. The van der Waals surface area contributed by atoms with Crippen LogP contribution in [0.25, 0.3) is 11.1 Å². The molecule has 0 unspecified atom stereocenters. The standard InChI is InChI=1S/C17H21N/c1-12-15(14-9-7-6-8-10-14)11-16(13(2)18-12)17(3,4)5/h6-11H,1-5H3. The summed E-state index contributed by atoms with van der Waals surface area (Å²) in [5.74, 6) is 0. The van der Waals surface area contributed by atoms with Gasteiger partial charge in [-0.2, -0.15) is 0 Å². The van der Waals surface area contributed by atoms with Crippen molar-refractivity contribution >= 4 is 0 Å². The van der Waals surface area contributed by atoms with Crippen molar-refractivity contribution in [1.29, 1.82) is 0 Å². The molecular weight excluding hydrogens is 218 g/mol. The fourth-order valence-electron chi connectivity index (χ4n) is 2.39. The van der Waals surface area contributed by atoms with Crippen molar-refractivity contribution in [3.05, 3.63) is 53.3 Å². The first-order valence-electron chi connectivity index (χ1n) is 6.44. The summed E-state index contributed by atoms with van der Waals surface area (Å²) in [5.41, 5.74) is 6.19. The van der Waals surface area contributed by atoms with Crippen molar-refractivity contribution in [2.75, 3.05) is 0 Å². The number of nitrogens with zero attached hydrogens (tertiary/aromatic N) is 1. The van der Waals surface area contributed by atoms with Crippen LogP contribution in [-0.2, 0) is 5.41 Å². The molecule has 0 aliphatic carbocycles. The lowest BCUT2D eigenvalue weighted by Crippen LogP contribution is -2.14. The van der Waals surface area contributed by atoms with E-state index in [1.165, 1.54) is 16.7 Å². The Morgan fingerprint density at radius 2 is 1.50 bits per heavy atom. The van der Waals surface area contributed by atoms with Crippen LogP contribution >= 0.6 is 0 Å². The molecular formula is C17H21N. The lowest BCUT2D eigenvalue weighted by Gasteiger charge is -2.23. The predicted molar refractivity (Wildman–Crippen MR) is 77.8 cm³/mol. The highest BCUT2D eigenvalue weighted by Crippen LogP contribution is 2.30. The molecule has 0 aliphatic rings. The highest BCUT2D eigenvalue weighted by atomic mass is 14.7. The number of aromatic nitrogens is 1. The summed E-state index contributed by atoms with van der Waals surface area (Å²) in [7, 11) is 0. The summed E-state index contributed by atoms with van der Waals surface area (Å²) in [6, 6.07) is 12.8. The van der Waals surface area contributed by atoms with Crippen LogP contribution < -0.4 is 0 Å². The lowest BCUT2D eigenvalue weighted by atomic mass is 9.84. The lowest BCUT2D eigenvalue weighted by molar-refractivity contribution is 0.582. The van der Waals surface area contributed by atoms with E-state index in [0.717, 1.165) is 11.4 Å². The Balaban J connectivity index is 2.63. The van der Waals surface area contributed by atoms with E-state index in [9.17, 15) is 0 Å². The van der Waals surface area contributed by atoms with E-state index in [4.69, 9.17) is 4.98 Å². The van der Waals surface area contributed by atoms with E-state index >= 15 is 0 Å². The summed E-state index contributed by atoms with van der Waals surface area (Å²) in [6.45, 7) is 10.9. The van der Waals surface area contributed by atoms with Crippen LogP contribution in [0, 0.1) is 13.8 Å². The molecule has 0 N–H and O–H groups in total. The van der Waals surface area contributed by atoms with E-state index in [1.54, 1.807) is 0 Å². The first kappa shape index (κ1) is 12.8. The minimum absolute atomic E-state index is 0.133. The summed E-state index contributed by atoms with van der Waals surface area (Å²) in [5, 5.41) is 0. The maximum atomic E-state index is 4.72. The zero-order valence-corrected chi connectivity index (χ0v) is 11.9. The number of hydrogen-bond acceptors (Lipinski definition) is 1. The van der Waals surface area contributed by atoms with Crippen LogP contribution in [0.15, 0.2) is 36.4 Å². The number of aryl methyl sites for hydroxylation is 2. The van der Waals surface area contributed by atoms with Crippen LogP contribution in [-0.4, -0.2) is 4.98 Å². The van der Waals surface area contributed by atoms with Gasteiger partial charge < -0.3 is 0 Å². The number of benzene rings is 1. The number of rotatable bonds is 1.